The van der Waals surface area contributed by atoms with Gasteiger partial charge in [0.15, 0.2) is 0 Å². The normalized spacial score (nSPS) is 11.4. The highest BCUT2D eigenvalue weighted by Crippen LogP contribution is 2.31. The van der Waals surface area contributed by atoms with Gasteiger partial charge in [-0.25, -0.2) is 4.39 Å². The second-order valence-corrected chi connectivity index (χ2v) is 6.66. The molecular formula is C22H25FO. The van der Waals surface area contributed by atoms with Crippen molar-refractivity contribution in [3.63, 3.8) is 0 Å². The summed E-state index contributed by atoms with van der Waals surface area (Å²) >= 11 is 0. The number of hydrogen-bond acceptors (Lipinski definition) is 1. The minimum absolute atomic E-state index is 0.168. The summed E-state index contributed by atoms with van der Waals surface area (Å²) in [7, 11) is 0. The minimum Gasteiger partial charge on any atom is -0.508 e. The highest BCUT2D eigenvalue weighted by molar-refractivity contribution is 6.08. The van der Waals surface area contributed by atoms with Crippen molar-refractivity contribution in [2.45, 2.75) is 51.9 Å². The molecule has 0 aliphatic heterocycles. The van der Waals surface area contributed by atoms with Crippen molar-refractivity contribution in [3.05, 3.63) is 53.8 Å². The molecule has 0 saturated carbocycles. The van der Waals surface area contributed by atoms with Crippen LogP contribution < -0.4 is 0 Å². The van der Waals surface area contributed by atoms with Crippen molar-refractivity contribution in [1.29, 1.82) is 0 Å². The van der Waals surface area contributed by atoms with Crippen molar-refractivity contribution in [2.24, 2.45) is 0 Å². The minimum atomic E-state index is -0.215. The molecule has 0 atom stereocenters. The van der Waals surface area contributed by atoms with Crippen molar-refractivity contribution in [2.75, 3.05) is 0 Å². The molecule has 0 radical (unpaired) electrons. The number of aromatic hydroxyl groups is 1. The van der Waals surface area contributed by atoms with Gasteiger partial charge in [-0.15, -0.1) is 0 Å². The molecule has 126 valence electrons. The predicted octanol–water partition coefficient (Wildman–Crippen LogP) is 6.74. The number of fused-ring (bicyclic) bond motifs is 3. The summed E-state index contributed by atoms with van der Waals surface area (Å²) < 4.78 is 14.5. The van der Waals surface area contributed by atoms with E-state index in [1.54, 1.807) is 12.1 Å². The number of halogens is 1. The molecule has 0 heterocycles. The number of aryl methyl sites for hydroxylation is 1. The number of rotatable bonds is 7. The lowest BCUT2D eigenvalue weighted by atomic mass is 9.97. The van der Waals surface area contributed by atoms with Gasteiger partial charge < -0.3 is 5.11 Å². The first-order chi connectivity index (χ1) is 11.7. The Hall–Kier alpha value is -2.09. The van der Waals surface area contributed by atoms with Gasteiger partial charge in [-0.2, -0.15) is 0 Å². The largest absolute Gasteiger partial charge is 0.508 e. The Morgan fingerprint density at radius 3 is 2.38 bits per heavy atom. The van der Waals surface area contributed by atoms with Gasteiger partial charge in [0, 0.05) is 5.39 Å². The van der Waals surface area contributed by atoms with Gasteiger partial charge in [0.05, 0.1) is 0 Å². The molecule has 24 heavy (non-hydrogen) atoms. The van der Waals surface area contributed by atoms with Crippen LogP contribution in [0.1, 0.15) is 51.0 Å². The molecule has 0 amide bonds. The summed E-state index contributed by atoms with van der Waals surface area (Å²) in [6, 6.07) is 12.8. The van der Waals surface area contributed by atoms with Crippen LogP contribution in [0.4, 0.5) is 4.39 Å². The van der Waals surface area contributed by atoms with Crippen molar-refractivity contribution in [3.8, 4) is 5.75 Å². The Morgan fingerprint density at radius 1 is 0.792 bits per heavy atom. The number of hydrogen-bond donors (Lipinski definition) is 1. The quantitative estimate of drug-likeness (QED) is 0.377. The maximum Gasteiger partial charge on any atom is 0.131 e. The highest BCUT2D eigenvalue weighted by atomic mass is 19.1. The van der Waals surface area contributed by atoms with Crippen molar-refractivity contribution >= 4 is 21.5 Å². The molecule has 0 fully saturated rings. The van der Waals surface area contributed by atoms with Crippen LogP contribution in [0.3, 0.4) is 0 Å². The molecule has 0 saturated heterocycles. The second kappa shape index (κ2) is 7.65. The molecule has 0 bridgehead atoms. The van der Waals surface area contributed by atoms with E-state index in [1.165, 1.54) is 43.7 Å². The van der Waals surface area contributed by atoms with Crippen molar-refractivity contribution in [1.82, 2.24) is 0 Å². The fourth-order valence-electron chi connectivity index (χ4n) is 3.42. The molecule has 1 nitrogen and oxygen atoms in total. The standard InChI is InChI=1S/C22H25FO/c1-2-3-4-5-6-7-8-16-9-11-20-19-12-10-18(24)14-17(19)15-22(23)21(20)13-16/h9-15,24H,2-8H2,1H3. The first kappa shape index (κ1) is 16.8. The van der Waals surface area contributed by atoms with Gasteiger partial charge in [-0.3, -0.25) is 0 Å². The van der Waals surface area contributed by atoms with Crippen LogP contribution in [-0.4, -0.2) is 5.11 Å². The monoisotopic (exact) mass is 324 g/mol. The van der Waals surface area contributed by atoms with Crippen LogP contribution in [0.2, 0.25) is 0 Å². The Bertz CT molecular complexity index is 838. The molecule has 0 spiro atoms. The summed E-state index contributed by atoms with van der Waals surface area (Å²) in [5, 5.41) is 12.9. The molecule has 3 aromatic rings. The lowest BCUT2D eigenvalue weighted by Crippen LogP contribution is -1.89. The Kier molecular flexibility index (Phi) is 5.34. The predicted molar refractivity (Wildman–Crippen MR) is 100 cm³/mol. The Labute approximate surface area is 143 Å². The number of benzene rings is 3. The van der Waals surface area contributed by atoms with Crippen LogP contribution in [0, 0.1) is 5.82 Å². The van der Waals surface area contributed by atoms with Gasteiger partial charge in [0.2, 0.25) is 0 Å². The van der Waals surface area contributed by atoms with E-state index in [4.69, 9.17) is 0 Å². The average Bonchev–Trinajstić information content (AvgIpc) is 2.58. The highest BCUT2D eigenvalue weighted by Gasteiger charge is 2.08. The Balaban J connectivity index is 1.79. The fraction of sp³-hybridized carbons (Fsp3) is 0.364. The van der Waals surface area contributed by atoms with Crippen LogP contribution >= 0.6 is 0 Å². The third-order valence-electron chi connectivity index (χ3n) is 4.77. The number of unbranched alkanes of at least 4 members (excludes halogenated alkanes) is 5. The van der Waals surface area contributed by atoms with E-state index in [9.17, 15) is 9.50 Å². The van der Waals surface area contributed by atoms with Crippen LogP contribution in [0.5, 0.6) is 5.75 Å². The van der Waals surface area contributed by atoms with E-state index in [2.05, 4.69) is 13.0 Å². The lowest BCUT2D eigenvalue weighted by Gasteiger charge is -2.09. The third kappa shape index (κ3) is 3.69. The van der Waals surface area contributed by atoms with Crippen LogP contribution in [0.25, 0.3) is 21.5 Å². The Morgan fingerprint density at radius 2 is 1.54 bits per heavy atom. The first-order valence-corrected chi connectivity index (χ1v) is 9.03. The zero-order valence-corrected chi connectivity index (χ0v) is 14.3. The van der Waals surface area contributed by atoms with Gasteiger partial charge in [-0.1, -0.05) is 57.2 Å². The van der Waals surface area contributed by atoms with Gasteiger partial charge in [0.25, 0.3) is 0 Å². The third-order valence-corrected chi connectivity index (χ3v) is 4.77. The van der Waals surface area contributed by atoms with Crippen LogP contribution in [-0.2, 0) is 6.42 Å². The molecule has 0 aliphatic carbocycles. The topological polar surface area (TPSA) is 20.2 Å². The van der Waals surface area contributed by atoms with E-state index in [-0.39, 0.29) is 11.6 Å². The fourth-order valence-corrected chi connectivity index (χ4v) is 3.42. The van der Waals surface area contributed by atoms with E-state index in [0.717, 1.165) is 29.0 Å². The second-order valence-electron chi connectivity index (χ2n) is 6.66. The molecule has 3 rings (SSSR count). The summed E-state index contributed by atoms with van der Waals surface area (Å²) in [6.07, 6.45) is 8.63. The SMILES string of the molecule is CCCCCCCCc1ccc2c(c1)c(F)cc1cc(O)ccc12. The molecule has 2 heteroatoms. The molecule has 0 aliphatic rings. The maximum absolute atomic E-state index is 14.5. The average molecular weight is 324 g/mol. The van der Waals surface area contributed by atoms with E-state index in [1.807, 2.05) is 18.2 Å². The molecular weight excluding hydrogens is 299 g/mol. The molecule has 0 aromatic heterocycles. The lowest BCUT2D eigenvalue weighted by molar-refractivity contribution is 0.476. The molecule has 1 N–H and O–H groups in total. The zero-order chi connectivity index (χ0) is 16.9. The van der Waals surface area contributed by atoms with Gasteiger partial charge in [-0.05, 0) is 58.8 Å². The van der Waals surface area contributed by atoms with Gasteiger partial charge in [0.1, 0.15) is 11.6 Å². The molecule has 3 aromatic carbocycles. The van der Waals surface area contributed by atoms with E-state index >= 15 is 0 Å². The molecule has 0 unspecified atom stereocenters. The number of phenols is 1. The van der Waals surface area contributed by atoms with Crippen molar-refractivity contribution < 1.29 is 9.50 Å². The zero-order valence-electron chi connectivity index (χ0n) is 14.3. The summed E-state index contributed by atoms with van der Waals surface area (Å²) in [6.45, 7) is 2.23. The summed E-state index contributed by atoms with van der Waals surface area (Å²) in [4.78, 5) is 0. The maximum atomic E-state index is 14.5. The number of phenolic OH excluding ortho intramolecular Hbond substituents is 1. The van der Waals surface area contributed by atoms with E-state index < -0.39 is 0 Å². The summed E-state index contributed by atoms with van der Waals surface area (Å²) in [5.41, 5.74) is 1.20. The van der Waals surface area contributed by atoms with E-state index in [0.29, 0.717) is 5.39 Å². The summed E-state index contributed by atoms with van der Waals surface area (Å²) in [5.74, 6) is -0.0474. The van der Waals surface area contributed by atoms with Crippen LogP contribution in [0.15, 0.2) is 42.5 Å². The smallest absolute Gasteiger partial charge is 0.131 e. The first-order valence-electron chi connectivity index (χ1n) is 9.03. The van der Waals surface area contributed by atoms with Gasteiger partial charge >= 0.3 is 0 Å².